The summed E-state index contributed by atoms with van der Waals surface area (Å²) < 4.78 is 24.3. The Balaban J connectivity index is 1.43. The molecule has 0 atom stereocenters. The molecule has 0 spiro atoms. The number of aromatic nitrogens is 1. The van der Waals surface area contributed by atoms with E-state index in [1.165, 1.54) is 42.6 Å². The number of hydrogen-bond acceptors (Lipinski definition) is 5. The van der Waals surface area contributed by atoms with Crippen LogP contribution in [0.25, 0.3) is 11.0 Å². The zero-order chi connectivity index (χ0) is 22.0. The molecule has 0 saturated heterocycles. The van der Waals surface area contributed by atoms with Gasteiger partial charge in [0.25, 0.3) is 5.91 Å². The van der Waals surface area contributed by atoms with Crippen molar-refractivity contribution in [3.63, 3.8) is 0 Å². The summed E-state index contributed by atoms with van der Waals surface area (Å²) in [6.07, 6.45) is 1.25. The summed E-state index contributed by atoms with van der Waals surface area (Å²) in [7, 11) is 0. The van der Waals surface area contributed by atoms with Crippen LogP contribution in [-0.4, -0.2) is 22.0 Å². The zero-order valence-electron chi connectivity index (χ0n) is 15.8. The van der Waals surface area contributed by atoms with Gasteiger partial charge in [0.05, 0.1) is 23.3 Å². The van der Waals surface area contributed by atoms with Crippen molar-refractivity contribution in [3.8, 4) is 11.6 Å². The maximum atomic E-state index is 13.3. The minimum absolute atomic E-state index is 0.0363. The minimum Gasteiger partial charge on any atom is -0.481 e. The molecule has 0 unspecified atom stereocenters. The summed E-state index contributed by atoms with van der Waals surface area (Å²) in [5.74, 6) is -1.31. The highest BCUT2D eigenvalue weighted by atomic mass is 35.5. The van der Waals surface area contributed by atoms with E-state index in [0.717, 1.165) is 0 Å². The number of nitrogens with zero attached hydrogens (tertiary/aromatic N) is 1. The molecule has 4 aromatic rings. The van der Waals surface area contributed by atoms with Gasteiger partial charge in [0.15, 0.2) is 5.76 Å². The second-order valence-electron chi connectivity index (χ2n) is 6.57. The first kappa shape index (κ1) is 20.4. The van der Waals surface area contributed by atoms with Crippen LogP contribution in [0.1, 0.15) is 16.1 Å². The SMILES string of the molecule is O=C(O)Cc1ccc(Oc2ccc(NC(=O)c3cc4cc(F)ccc4o3)cn2)c(Cl)c1. The van der Waals surface area contributed by atoms with Crippen molar-refractivity contribution in [2.75, 3.05) is 5.32 Å². The van der Waals surface area contributed by atoms with E-state index in [4.69, 9.17) is 25.9 Å². The van der Waals surface area contributed by atoms with Crippen molar-refractivity contribution >= 4 is 40.1 Å². The third kappa shape index (κ3) is 4.81. The van der Waals surface area contributed by atoms with Gasteiger partial charge >= 0.3 is 5.97 Å². The van der Waals surface area contributed by atoms with Crippen LogP contribution < -0.4 is 10.1 Å². The van der Waals surface area contributed by atoms with Crippen LogP contribution >= 0.6 is 11.6 Å². The number of fused-ring (bicyclic) bond motifs is 1. The Hall–Kier alpha value is -3.91. The van der Waals surface area contributed by atoms with Crippen LogP contribution in [0.5, 0.6) is 11.6 Å². The van der Waals surface area contributed by atoms with Crippen LogP contribution in [0.4, 0.5) is 10.1 Å². The van der Waals surface area contributed by atoms with E-state index < -0.39 is 17.7 Å². The number of halogens is 2. The molecule has 0 radical (unpaired) electrons. The number of carbonyl (C=O) groups is 2. The van der Waals surface area contributed by atoms with Crippen LogP contribution in [0.3, 0.4) is 0 Å². The summed E-state index contributed by atoms with van der Waals surface area (Å²) in [6.45, 7) is 0. The molecule has 2 heterocycles. The van der Waals surface area contributed by atoms with Crippen LogP contribution in [0.2, 0.25) is 5.02 Å². The van der Waals surface area contributed by atoms with Crippen molar-refractivity contribution in [1.29, 1.82) is 0 Å². The molecule has 156 valence electrons. The predicted octanol–water partition coefficient (Wildman–Crippen LogP) is 5.29. The van der Waals surface area contributed by atoms with Gasteiger partial charge in [-0.15, -0.1) is 0 Å². The number of nitrogens with one attached hydrogen (secondary N) is 1. The first-order chi connectivity index (χ1) is 14.9. The first-order valence-electron chi connectivity index (χ1n) is 9.02. The molecule has 9 heteroatoms. The second kappa shape index (κ2) is 8.45. The number of furan rings is 1. The molecule has 2 N–H and O–H groups in total. The number of carboxylic acid groups (broad SMARTS) is 1. The topological polar surface area (TPSA) is 102 Å². The number of carboxylic acids is 1. The standard InChI is InChI=1S/C22H14ClFN2O5/c23-16-7-12(8-21(27)28)1-4-18(16)31-20-6-3-15(11-25-20)26-22(29)19-10-13-9-14(24)2-5-17(13)30-19/h1-7,9-11H,8H2,(H,26,29)(H,27,28). The van der Waals surface area contributed by atoms with Crippen molar-refractivity contribution in [2.24, 2.45) is 0 Å². The molecule has 0 fully saturated rings. The fourth-order valence-corrected chi connectivity index (χ4v) is 3.10. The largest absolute Gasteiger partial charge is 0.481 e. The van der Waals surface area contributed by atoms with Crippen molar-refractivity contribution in [3.05, 3.63) is 83.0 Å². The lowest BCUT2D eigenvalue weighted by Crippen LogP contribution is -2.10. The van der Waals surface area contributed by atoms with Crippen LogP contribution in [-0.2, 0) is 11.2 Å². The molecule has 2 aromatic carbocycles. The minimum atomic E-state index is -0.959. The first-order valence-corrected chi connectivity index (χ1v) is 9.40. The van der Waals surface area contributed by atoms with E-state index in [-0.39, 0.29) is 23.1 Å². The Morgan fingerprint density at radius 3 is 2.68 bits per heavy atom. The summed E-state index contributed by atoms with van der Waals surface area (Å²) in [6, 6.07) is 13.2. The lowest BCUT2D eigenvalue weighted by Gasteiger charge is -2.09. The van der Waals surface area contributed by atoms with Gasteiger partial charge in [-0.05, 0) is 48.0 Å². The molecule has 0 aliphatic heterocycles. The van der Waals surface area contributed by atoms with E-state index in [2.05, 4.69) is 10.3 Å². The molecule has 7 nitrogen and oxygen atoms in total. The molecule has 0 aliphatic carbocycles. The molecular weight excluding hydrogens is 427 g/mol. The Morgan fingerprint density at radius 2 is 1.97 bits per heavy atom. The van der Waals surface area contributed by atoms with E-state index in [1.54, 1.807) is 18.2 Å². The van der Waals surface area contributed by atoms with Gasteiger partial charge in [0.1, 0.15) is 17.1 Å². The van der Waals surface area contributed by atoms with E-state index in [9.17, 15) is 14.0 Å². The average Bonchev–Trinajstić information content (AvgIpc) is 3.14. The number of benzene rings is 2. The quantitative estimate of drug-likeness (QED) is 0.422. The van der Waals surface area contributed by atoms with Gasteiger partial charge in [0, 0.05) is 11.5 Å². The van der Waals surface area contributed by atoms with E-state index in [1.807, 2.05) is 0 Å². The normalized spacial score (nSPS) is 10.8. The van der Waals surface area contributed by atoms with Crippen LogP contribution in [0, 0.1) is 5.82 Å². The fraction of sp³-hybridized carbons (Fsp3) is 0.0455. The van der Waals surface area contributed by atoms with Gasteiger partial charge in [-0.25, -0.2) is 9.37 Å². The fourth-order valence-electron chi connectivity index (χ4n) is 2.86. The molecule has 1 amide bonds. The van der Waals surface area contributed by atoms with Gasteiger partial charge in [0.2, 0.25) is 5.88 Å². The van der Waals surface area contributed by atoms with Gasteiger partial charge in [-0.1, -0.05) is 17.7 Å². The Morgan fingerprint density at radius 1 is 1.13 bits per heavy atom. The lowest BCUT2D eigenvalue weighted by atomic mass is 10.1. The number of hydrogen-bond donors (Lipinski definition) is 2. The van der Waals surface area contributed by atoms with Gasteiger partial charge in [-0.2, -0.15) is 0 Å². The number of aliphatic carboxylic acids is 1. The summed E-state index contributed by atoms with van der Waals surface area (Å²) in [5.41, 5.74) is 1.34. The molecular formula is C22H14ClFN2O5. The zero-order valence-corrected chi connectivity index (χ0v) is 16.5. The number of ether oxygens (including phenoxy) is 1. The predicted molar refractivity (Wildman–Crippen MR) is 111 cm³/mol. The van der Waals surface area contributed by atoms with Gasteiger partial charge < -0.3 is 19.6 Å². The Labute approximate surface area is 180 Å². The lowest BCUT2D eigenvalue weighted by molar-refractivity contribution is -0.136. The number of pyridine rings is 1. The summed E-state index contributed by atoms with van der Waals surface area (Å²) >= 11 is 6.14. The number of rotatable bonds is 6. The smallest absolute Gasteiger partial charge is 0.307 e. The average molecular weight is 441 g/mol. The molecule has 0 bridgehead atoms. The van der Waals surface area contributed by atoms with E-state index >= 15 is 0 Å². The van der Waals surface area contributed by atoms with E-state index in [0.29, 0.717) is 28.0 Å². The maximum Gasteiger partial charge on any atom is 0.307 e. The monoisotopic (exact) mass is 440 g/mol. The molecule has 0 aliphatic rings. The van der Waals surface area contributed by atoms with Gasteiger partial charge in [-0.3, -0.25) is 9.59 Å². The second-order valence-corrected chi connectivity index (χ2v) is 6.98. The van der Waals surface area contributed by atoms with Crippen molar-refractivity contribution in [1.82, 2.24) is 4.98 Å². The third-order valence-electron chi connectivity index (χ3n) is 4.26. The van der Waals surface area contributed by atoms with Crippen molar-refractivity contribution < 1.29 is 28.2 Å². The highest BCUT2D eigenvalue weighted by Crippen LogP contribution is 2.30. The van der Waals surface area contributed by atoms with Crippen molar-refractivity contribution in [2.45, 2.75) is 6.42 Å². The Kier molecular flexibility index (Phi) is 5.55. The summed E-state index contributed by atoms with van der Waals surface area (Å²) in [4.78, 5) is 27.3. The Bertz CT molecular complexity index is 1290. The third-order valence-corrected chi connectivity index (χ3v) is 4.56. The maximum absolute atomic E-state index is 13.3. The molecule has 4 rings (SSSR count). The highest BCUT2D eigenvalue weighted by Gasteiger charge is 2.14. The summed E-state index contributed by atoms with van der Waals surface area (Å²) in [5, 5.41) is 12.2. The highest BCUT2D eigenvalue weighted by molar-refractivity contribution is 6.32. The number of carbonyl (C=O) groups excluding carboxylic acids is 1. The number of amides is 1. The molecule has 2 aromatic heterocycles. The molecule has 31 heavy (non-hydrogen) atoms. The molecule has 0 saturated carbocycles. The van der Waals surface area contributed by atoms with Crippen LogP contribution in [0.15, 0.2) is 65.2 Å². The number of anilines is 1.